The summed E-state index contributed by atoms with van der Waals surface area (Å²) in [6, 6.07) is 8.50. The van der Waals surface area contributed by atoms with Gasteiger partial charge in [0.15, 0.2) is 0 Å². The smallest absolute Gasteiger partial charge is 0.229 e. The van der Waals surface area contributed by atoms with Gasteiger partial charge in [0, 0.05) is 30.5 Å². The molecule has 0 saturated heterocycles. The van der Waals surface area contributed by atoms with E-state index in [2.05, 4.69) is 85.5 Å². The maximum atomic E-state index is 4.67. The second-order valence-electron chi connectivity index (χ2n) is 7.69. The summed E-state index contributed by atoms with van der Waals surface area (Å²) in [4.78, 5) is 11.4. The fourth-order valence-electron chi connectivity index (χ4n) is 2.93. The first kappa shape index (κ1) is 20.2. The van der Waals surface area contributed by atoms with Crippen LogP contribution in [-0.2, 0) is 0 Å². The molecule has 0 radical (unpaired) electrons. The monoisotopic (exact) mass is 355 g/mol. The van der Waals surface area contributed by atoms with Crippen molar-refractivity contribution >= 4 is 17.5 Å². The van der Waals surface area contributed by atoms with Crippen LogP contribution < -0.4 is 10.6 Å². The van der Waals surface area contributed by atoms with Gasteiger partial charge in [-0.25, -0.2) is 4.98 Å². The molecular weight excluding hydrogens is 322 g/mol. The molecule has 2 aromatic rings. The highest BCUT2D eigenvalue weighted by Gasteiger charge is 2.15. The maximum absolute atomic E-state index is 4.67. The first-order chi connectivity index (χ1) is 12.3. The SMILES string of the molecule is Cc1cc(NCCN(C)C)nc(Nc2c(C(C)C)cccc2C(C)C)n1. The summed E-state index contributed by atoms with van der Waals surface area (Å²) in [5.74, 6) is 2.36. The lowest BCUT2D eigenvalue weighted by atomic mass is 9.93. The number of aromatic nitrogens is 2. The van der Waals surface area contributed by atoms with E-state index < -0.39 is 0 Å². The van der Waals surface area contributed by atoms with E-state index in [9.17, 15) is 0 Å². The third-order valence-corrected chi connectivity index (χ3v) is 4.33. The number of rotatable bonds is 8. The Kier molecular flexibility index (Phi) is 6.98. The third kappa shape index (κ3) is 5.43. The van der Waals surface area contributed by atoms with Crippen molar-refractivity contribution in [2.75, 3.05) is 37.8 Å². The zero-order valence-electron chi connectivity index (χ0n) is 17.2. The number of para-hydroxylation sites is 1. The van der Waals surface area contributed by atoms with E-state index in [-0.39, 0.29) is 0 Å². The molecule has 0 aliphatic heterocycles. The highest BCUT2D eigenvalue weighted by atomic mass is 15.2. The zero-order valence-corrected chi connectivity index (χ0v) is 17.2. The van der Waals surface area contributed by atoms with Crippen molar-refractivity contribution in [2.24, 2.45) is 0 Å². The number of aryl methyl sites for hydroxylation is 1. The second-order valence-corrected chi connectivity index (χ2v) is 7.69. The molecule has 0 aliphatic carbocycles. The molecule has 1 aromatic heterocycles. The first-order valence-corrected chi connectivity index (χ1v) is 9.42. The van der Waals surface area contributed by atoms with Gasteiger partial charge in [-0.3, -0.25) is 0 Å². The quantitative estimate of drug-likeness (QED) is 0.716. The Bertz CT molecular complexity index is 696. The Morgan fingerprint density at radius 3 is 2.15 bits per heavy atom. The van der Waals surface area contributed by atoms with Crippen LogP contribution in [0.3, 0.4) is 0 Å². The van der Waals surface area contributed by atoms with Crippen molar-refractivity contribution in [3.8, 4) is 0 Å². The van der Waals surface area contributed by atoms with E-state index >= 15 is 0 Å². The number of anilines is 3. The molecule has 0 amide bonds. The molecule has 1 heterocycles. The topological polar surface area (TPSA) is 53.1 Å². The van der Waals surface area contributed by atoms with Crippen LogP contribution in [0, 0.1) is 6.92 Å². The van der Waals surface area contributed by atoms with Gasteiger partial charge in [-0.2, -0.15) is 4.98 Å². The van der Waals surface area contributed by atoms with Gasteiger partial charge in [-0.05, 0) is 44.0 Å². The molecule has 0 atom stereocenters. The predicted octanol–water partition coefficient (Wildman–Crippen LogP) is 4.75. The average Bonchev–Trinajstić information content (AvgIpc) is 2.53. The Balaban J connectivity index is 2.32. The molecule has 0 unspecified atom stereocenters. The molecule has 2 N–H and O–H groups in total. The molecule has 0 spiro atoms. The number of likely N-dealkylation sites (N-methyl/N-ethyl adjacent to an activating group) is 1. The zero-order chi connectivity index (χ0) is 19.3. The van der Waals surface area contributed by atoms with Crippen molar-refractivity contribution in [3.63, 3.8) is 0 Å². The molecule has 5 heteroatoms. The molecular formula is C21H33N5. The largest absolute Gasteiger partial charge is 0.369 e. The lowest BCUT2D eigenvalue weighted by Gasteiger charge is -2.20. The van der Waals surface area contributed by atoms with Crippen molar-refractivity contribution < 1.29 is 0 Å². The van der Waals surface area contributed by atoms with Crippen LogP contribution >= 0.6 is 0 Å². The van der Waals surface area contributed by atoms with Crippen LogP contribution in [0.2, 0.25) is 0 Å². The van der Waals surface area contributed by atoms with Crippen LogP contribution in [0.5, 0.6) is 0 Å². The molecule has 0 saturated carbocycles. The number of hydrogen-bond acceptors (Lipinski definition) is 5. The van der Waals surface area contributed by atoms with E-state index in [0.29, 0.717) is 17.8 Å². The van der Waals surface area contributed by atoms with E-state index in [1.165, 1.54) is 11.1 Å². The molecule has 26 heavy (non-hydrogen) atoms. The van der Waals surface area contributed by atoms with Crippen molar-refractivity contribution in [3.05, 3.63) is 41.1 Å². The lowest BCUT2D eigenvalue weighted by Crippen LogP contribution is -2.21. The second kappa shape index (κ2) is 8.99. The van der Waals surface area contributed by atoms with Crippen molar-refractivity contribution in [1.82, 2.24) is 14.9 Å². The van der Waals surface area contributed by atoms with Gasteiger partial charge in [0.2, 0.25) is 5.95 Å². The molecule has 2 rings (SSSR count). The van der Waals surface area contributed by atoms with E-state index in [1.54, 1.807) is 0 Å². The fraction of sp³-hybridized carbons (Fsp3) is 0.524. The fourth-order valence-corrected chi connectivity index (χ4v) is 2.93. The normalized spacial score (nSPS) is 11.5. The minimum absolute atomic E-state index is 0.429. The predicted molar refractivity (Wildman–Crippen MR) is 112 cm³/mol. The summed E-state index contributed by atoms with van der Waals surface area (Å²) in [6.45, 7) is 12.7. The van der Waals surface area contributed by atoms with Gasteiger partial charge in [0.25, 0.3) is 0 Å². The first-order valence-electron chi connectivity index (χ1n) is 9.42. The van der Waals surface area contributed by atoms with E-state index in [1.807, 2.05) is 13.0 Å². The van der Waals surface area contributed by atoms with Gasteiger partial charge in [0.1, 0.15) is 5.82 Å². The van der Waals surface area contributed by atoms with Gasteiger partial charge in [-0.15, -0.1) is 0 Å². The molecule has 142 valence electrons. The van der Waals surface area contributed by atoms with Crippen molar-refractivity contribution in [1.29, 1.82) is 0 Å². The van der Waals surface area contributed by atoms with Crippen LogP contribution in [0.15, 0.2) is 24.3 Å². The minimum atomic E-state index is 0.429. The minimum Gasteiger partial charge on any atom is -0.369 e. The molecule has 0 bridgehead atoms. The van der Waals surface area contributed by atoms with Crippen molar-refractivity contribution in [2.45, 2.75) is 46.5 Å². The van der Waals surface area contributed by atoms with Gasteiger partial charge >= 0.3 is 0 Å². The van der Waals surface area contributed by atoms with Crippen LogP contribution in [0.25, 0.3) is 0 Å². The lowest BCUT2D eigenvalue weighted by molar-refractivity contribution is 0.425. The van der Waals surface area contributed by atoms with Gasteiger partial charge in [0.05, 0.1) is 0 Å². The Morgan fingerprint density at radius 2 is 1.62 bits per heavy atom. The highest BCUT2D eigenvalue weighted by Crippen LogP contribution is 2.34. The number of hydrogen-bond donors (Lipinski definition) is 2. The average molecular weight is 356 g/mol. The van der Waals surface area contributed by atoms with E-state index in [0.717, 1.165) is 30.3 Å². The van der Waals surface area contributed by atoms with Crippen LogP contribution in [-0.4, -0.2) is 42.1 Å². The van der Waals surface area contributed by atoms with Crippen LogP contribution in [0.1, 0.15) is 56.4 Å². The summed E-state index contributed by atoms with van der Waals surface area (Å²) in [7, 11) is 4.13. The number of nitrogens with zero attached hydrogens (tertiary/aromatic N) is 3. The van der Waals surface area contributed by atoms with Gasteiger partial charge in [-0.1, -0.05) is 45.9 Å². The molecule has 0 fully saturated rings. The molecule has 5 nitrogen and oxygen atoms in total. The highest BCUT2D eigenvalue weighted by molar-refractivity contribution is 5.66. The Labute approximate surface area is 158 Å². The Morgan fingerprint density at radius 1 is 1.00 bits per heavy atom. The standard InChI is InChI=1S/C21H33N5/c1-14(2)17-9-8-10-18(15(3)4)20(17)25-21-23-16(5)13-19(24-21)22-11-12-26(6)7/h8-10,13-15H,11-12H2,1-7H3,(H2,22,23,24,25). The molecule has 0 aliphatic rings. The summed E-state index contributed by atoms with van der Waals surface area (Å²) in [5.41, 5.74) is 4.68. The van der Waals surface area contributed by atoms with Gasteiger partial charge < -0.3 is 15.5 Å². The maximum Gasteiger partial charge on any atom is 0.229 e. The molecule has 1 aromatic carbocycles. The summed E-state index contributed by atoms with van der Waals surface area (Å²) < 4.78 is 0. The summed E-state index contributed by atoms with van der Waals surface area (Å²) >= 11 is 0. The van der Waals surface area contributed by atoms with Crippen LogP contribution in [0.4, 0.5) is 17.5 Å². The third-order valence-electron chi connectivity index (χ3n) is 4.33. The summed E-state index contributed by atoms with van der Waals surface area (Å²) in [6.07, 6.45) is 0. The summed E-state index contributed by atoms with van der Waals surface area (Å²) in [5, 5.41) is 6.90. The number of nitrogens with one attached hydrogen (secondary N) is 2. The van der Waals surface area contributed by atoms with E-state index in [4.69, 9.17) is 0 Å². The Hall–Kier alpha value is -2.14. The number of benzene rings is 1.